The van der Waals surface area contributed by atoms with Gasteiger partial charge in [0.25, 0.3) is 17.7 Å². The number of carbonyl (C=O) groups excluding carboxylic acids is 4. The predicted molar refractivity (Wildman–Crippen MR) is 157 cm³/mol. The minimum atomic E-state index is -1.17. The third-order valence-corrected chi connectivity index (χ3v) is 12.5. The third-order valence-electron chi connectivity index (χ3n) is 4.78. The highest BCUT2D eigenvalue weighted by molar-refractivity contribution is 14.1. The van der Waals surface area contributed by atoms with Crippen LogP contribution in [0.25, 0.3) is 0 Å². The number of fused-ring (bicyclic) bond motifs is 1. The normalized spacial score (nSPS) is 13.9. The van der Waals surface area contributed by atoms with Gasteiger partial charge in [-0.1, -0.05) is 37.6 Å². The van der Waals surface area contributed by atoms with Crippen LogP contribution in [0.2, 0.25) is 5.02 Å². The molecule has 0 bridgehead atoms. The summed E-state index contributed by atoms with van der Waals surface area (Å²) in [5.74, 6) is -2.93. The van der Waals surface area contributed by atoms with Crippen LogP contribution >= 0.6 is 102 Å². The molecule has 2 aromatic rings. The maximum absolute atomic E-state index is 13.3. The molecule has 1 aliphatic rings. The van der Waals surface area contributed by atoms with Crippen molar-refractivity contribution in [1.82, 2.24) is 4.90 Å². The van der Waals surface area contributed by atoms with Crippen molar-refractivity contribution in [1.29, 1.82) is 0 Å². The second kappa shape index (κ2) is 11.2. The number of rotatable bonds is 6. The average Bonchev–Trinajstić information content (AvgIpc) is 3.01. The molecule has 3 amide bonds. The van der Waals surface area contributed by atoms with Crippen molar-refractivity contribution >= 4 is 131 Å². The molecule has 12 heteroatoms. The van der Waals surface area contributed by atoms with Crippen LogP contribution in [0.15, 0.2) is 24.3 Å². The number of benzene rings is 2. The quantitative estimate of drug-likeness (QED) is 0.135. The maximum atomic E-state index is 13.3. The number of esters is 1. The van der Waals surface area contributed by atoms with E-state index in [4.69, 9.17) is 16.3 Å². The Morgan fingerprint density at radius 1 is 0.970 bits per heavy atom. The molecule has 0 fully saturated rings. The molecule has 0 saturated heterocycles. The van der Waals surface area contributed by atoms with Crippen molar-refractivity contribution in [2.75, 3.05) is 11.9 Å². The molecule has 174 valence electrons. The lowest BCUT2D eigenvalue weighted by Gasteiger charge is -2.27. The fourth-order valence-electron chi connectivity index (χ4n) is 3.27. The standard InChI is InChI=1S/C21H15ClI4N2O5/c1-8(2)18(21(32)33-7-11(29)27-10-6-4-3-5-9(10)22)28-19(30)12-13(20(28)31)15(24)17(26)16(25)14(12)23/h3-6,8,18H,7H2,1-2H3,(H,27,29)/t18-/m0/s1. The zero-order chi connectivity index (χ0) is 24.6. The summed E-state index contributed by atoms with van der Waals surface area (Å²) >= 11 is 14.4. The van der Waals surface area contributed by atoms with Crippen LogP contribution in [0.4, 0.5) is 5.69 Å². The molecule has 1 N–H and O–H groups in total. The van der Waals surface area contributed by atoms with Crippen LogP contribution in [0.3, 0.4) is 0 Å². The summed E-state index contributed by atoms with van der Waals surface area (Å²) < 4.78 is 8.30. The molecule has 3 rings (SSSR count). The molecular formula is C21H15ClI4N2O5. The van der Waals surface area contributed by atoms with Crippen LogP contribution in [-0.2, 0) is 14.3 Å². The number of ether oxygens (including phenoxy) is 1. The minimum Gasteiger partial charge on any atom is -0.454 e. The van der Waals surface area contributed by atoms with E-state index in [1.807, 2.05) is 45.2 Å². The molecular weight excluding hydrogens is 903 g/mol. The van der Waals surface area contributed by atoms with E-state index in [2.05, 4.69) is 50.5 Å². The molecule has 0 aliphatic carbocycles. The number of hydrogen-bond donors (Lipinski definition) is 1. The highest BCUT2D eigenvalue weighted by atomic mass is 127. The molecule has 33 heavy (non-hydrogen) atoms. The Hall–Kier alpha value is -0.270. The van der Waals surface area contributed by atoms with Crippen molar-refractivity contribution in [3.8, 4) is 0 Å². The highest BCUT2D eigenvalue weighted by Gasteiger charge is 2.47. The molecule has 1 atom stereocenters. The van der Waals surface area contributed by atoms with Crippen molar-refractivity contribution in [3.63, 3.8) is 0 Å². The van der Waals surface area contributed by atoms with Gasteiger partial charge in [-0.05, 0) is 108 Å². The first-order valence-corrected chi connectivity index (χ1v) is 14.1. The first-order valence-electron chi connectivity index (χ1n) is 9.42. The number of imide groups is 1. The third kappa shape index (κ3) is 5.45. The summed E-state index contributed by atoms with van der Waals surface area (Å²) in [5.41, 5.74) is 0.976. The number of nitrogens with zero attached hydrogens (tertiary/aromatic N) is 1. The highest BCUT2D eigenvalue weighted by Crippen LogP contribution is 2.39. The molecule has 0 aromatic heterocycles. The van der Waals surface area contributed by atoms with E-state index in [1.54, 1.807) is 38.1 Å². The molecule has 1 aliphatic heterocycles. The molecule has 0 saturated carbocycles. The maximum Gasteiger partial charge on any atom is 0.330 e. The van der Waals surface area contributed by atoms with Gasteiger partial charge in [0.2, 0.25) is 0 Å². The number of halogens is 5. The van der Waals surface area contributed by atoms with E-state index in [1.165, 1.54) is 0 Å². The van der Waals surface area contributed by atoms with Gasteiger partial charge < -0.3 is 10.1 Å². The molecule has 1 heterocycles. The van der Waals surface area contributed by atoms with E-state index < -0.39 is 42.3 Å². The Morgan fingerprint density at radius 3 is 1.97 bits per heavy atom. The van der Waals surface area contributed by atoms with Gasteiger partial charge in [0, 0.05) is 14.3 Å². The Morgan fingerprint density at radius 2 is 1.48 bits per heavy atom. The van der Waals surface area contributed by atoms with Gasteiger partial charge in [0.05, 0.1) is 21.8 Å². The Kier molecular flexibility index (Phi) is 9.27. The lowest BCUT2D eigenvalue weighted by molar-refractivity contribution is -0.152. The van der Waals surface area contributed by atoms with E-state index in [0.29, 0.717) is 29.0 Å². The fourth-order valence-corrected chi connectivity index (χ4v) is 7.10. The van der Waals surface area contributed by atoms with Gasteiger partial charge in [-0.2, -0.15) is 0 Å². The van der Waals surface area contributed by atoms with E-state index >= 15 is 0 Å². The minimum absolute atomic E-state index is 0.296. The van der Waals surface area contributed by atoms with E-state index in [0.717, 1.165) is 12.0 Å². The van der Waals surface area contributed by atoms with Crippen LogP contribution in [0.1, 0.15) is 34.6 Å². The van der Waals surface area contributed by atoms with Gasteiger partial charge >= 0.3 is 5.97 Å². The number of carbonyl (C=O) groups is 4. The SMILES string of the molecule is CC(C)[C@@H](C(=O)OCC(=O)Nc1ccccc1Cl)N1C(=O)c2c(I)c(I)c(I)c(I)c2C1=O. The Labute approximate surface area is 249 Å². The molecule has 0 radical (unpaired) electrons. The Balaban J connectivity index is 1.82. The van der Waals surface area contributed by atoms with Crippen LogP contribution < -0.4 is 5.32 Å². The predicted octanol–water partition coefficient (Wildman–Crippen LogP) is 5.56. The van der Waals surface area contributed by atoms with Crippen molar-refractivity contribution in [2.45, 2.75) is 19.9 Å². The second-order valence-corrected chi connectivity index (χ2v) is 12.0. The lowest BCUT2D eigenvalue weighted by Crippen LogP contribution is -2.49. The summed E-state index contributed by atoms with van der Waals surface area (Å²) in [6, 6.07) is 5.48. The van der Waals surface area contributed by atoms with E-state index in [9.17, 15) is 19.2 Å². The zero-order valence-corrected chi connectivity index (χ0v) is 26.4. The van der Waals surface area contributed by atoms with Gasteiger partial charge in [-0.15, -0.1) is 0 Å². The second-order valence-electron chi connectivity index (χ2n) is 7.31. The van der Waals surface area contributed by atoms with Crippen LogP contribution in [0.5, 0.6) is 0 Å². The van der Waals surface area contributed by atoms with E-state index in [-0.39, 0.29) is 0 Å². The number of amides is 3. The van der Waals surface area contributed by atoms with Gasteiger partial charge in [0.15, 0.2) is 6.61 Å². The summed E-state index contributed by atoms with van der Waals surface area (Å²) in [7, 11) is 0. The number of hydrogen-bond acceptors (Lipinski definition) is 5. The van der Waals surface area contributed by atoms with Crippen molar-refractivity contribution in [2.24, 2.45) is 5.92 Å². The zero-order valence-electron chi connectivity index (χ0n) is 17.0. The first kappa shape index (κ1) is 27.3. The van der Waals surface area contributed by atoms with Crippen LogP contribution in [0, 0.1) is 20.2 Å². The largest absolute Gasteiger partial charge is 0.454 e. The summed E-state index contributed by atoms with van der Waals surface area (Å²) in [6.07, 6.45) is 0. The topological polar surface area (TPSA) is 92.8 Å². The van der Waals surface area contributed by atoms with Gasteiger partial charge in [-0.3, -0.25) is 19.3 Å². The smallest absolute Gasteiger partial charge is 0.330 e. The van der Waals surface area contributed by atoms with Crippen LogP contribution in [-0.4, -0.2) is 41.2 Å². The lowest BCUT2D eigenvalue weighted by atomic mass is 10.0. The van der Waals surface area contributed by atoms with Crippen molar-refractivity contribution in [3.05, 3.63) is 54.7 Å². The molecule has 7 nitrogen and oxygen atoms in total. The number of anilines is 1. The molecule has 0 spiro atoms. The molecule has 2 aromatic carbocycles. The summed E-state index contributed by atoms with van der Waals surface area (Å²) in [5, 5.41) is 2.91. The summed E-state index contributed by atoms with van der Waals surface area (Å²) in [4.78, 5) is 52.8. The van der Waals surface area contributed by atoms with Gasteiger partial charge in [0.1, 0.15) is 6.04 Å². The number of para-hydroxylation sites is 1. The fraction of sp³-hybridized carbons (Fsp3) is 0.238. The first-order chi connectivity index (χ1) is 15.5. The monoisotopic (exact) mass is 918 g/mol. The van der Waals surface area contributed by atoms with Gasteiger partial charge in [-0.25, -0.2) is 4.79 Å². The van der Waals surface area contributed by atoms with Crippen molar-refractivity contribution < 1.29 is 23.9 Å². The molecule has 0 unspecified atom stereocenters. The Bertz CT molecular complexity index is 1140. The summed E-state index contributed by atoms with van der Waals surface area (Å²) in [6.45, 7) is 2.84. The average molecular weight is 918 g/mol. The number of nitrogens with one attached hydrogen (secondary N) is 1.